The number of carboxylic acids is 1. The molecule has 2 N–H and O–H groups in total. The third-order valence-corrected chi connectivity index (χ3v) is 3.45. The second kappa shape index (κ2) is 8.43. The molecule has 1 rings (SSSR count). The van der Waals surface area contributed by atoms with Gasteiger partial charge < -0.3 is 19.7 Å². The van der Waals surface area contributed by atoms with Gasteiger partial charge in [0.05, 0.1) is 0 Å². The van der Waals surface area contributed by atoms with E-state index in [-0.39, 0.29) is 24.4 Å². The Morgan fingerprint density at radius 3 is 2.04 bits per heavy atom. The molecule has 0 unspecified atom stereocenters. The number of carbonyl (C=O) groups excluding carboxylic acids is 2. The lowest BCUT2D eigenvalue weighted by molar-refractivity contribution is -0.140. The average Bonchev–Trinajstić information content (AvgIpc) is 2.56. The predicted octanol–water partition coefficient (Wildman–Crippen LogP) is 1.98. The van der Waals surface area contributed by atoms with Crippen LogP contribution < -0.4 is 4.74 Å². The summed E-state index contributed by atoms with van der Waals surface area (Å²) in [6, 6.07) is 6.20. The molecule has 1 aromatic carbocycles. The summed E-state index contributed by atoms with van der Waals surface area (Å²) >= 11 is 0. The number of esters is 1. The minimum absolute atomic E-state index is 0.0296. The van der Waals surface area contributed by atoms with E-state index in [2.05, 4.69) is 0 Å². The van der Waals surface area contributed by atoms with E-state index < -0.39 is 23.3 Å². The first-order valence-corrected chi connectivity index (χ1v) is 7.62. The Kier molecular flexibility index (Phi) is 6.87. The fraction of sp³-hybridized carbons (Fsp3) is 0.389. The normalized spacial score (nSPS) is 12.2. The minimum atomic E-state index is -1.45. The summed E-state index contributed by atoms with van der Waals surface area (Å²) in [5, 5.41) is 18.5. The number of benzene rings is 1. The predicted molar refractivity (Wildman–Crippen MR) is 89.5 cm³/mol. The zero-order chi connectivity index (χ0) is 19.2. The van der Waals surface area contributed by atoms with Crippen LogP contribution in [0.15, 0.2) is 35.4 Å². The minimum Gasteiger partial charge on any atom is -0.490 e. The fourth-order valence-corrected chi connectivity index (χ4v) is 1.77. The van der Waals surface area contributed by atoms with Gasteiger partial charge in [-0.25, -0.2) is 9.59 Å². The summed E-state index contributed by atoms with van der Waals surface area (Å²) in [6.07, 6.45) is 0. The second-order valence-electron chi connectivity index (χ2n) is 5.95. The highest BCUT2D eigenvalue weighted by Crippen LogP contribution is 2.17. The highest BCUT2D eigenvalue weighted by Gasteiger charge is 2.24. The van der Waals surface area contributed by atoms with Gasteiger partial charge in [-0.3, -0.25) is 4.79 Å². The van der Waals surface area contributed by atoms with Gasteiger partial charge in [-0.05, 0) is 52.0 Å². The van der Waals surface area contributed by atoms with Gasteiger partial charge >= 0.3 is 11.9 Å². The molecule has 0 fully saturated rings. The summed E-state index contributed by atoms with van der Waals surface area (Å²) in [4.78, 5) is 34.3. The first kappa shape index (κ1) is 20.4. The van der Waals surface area contributed by atoms with E-state index in [0.29, 0.717) is 11.3 Å². The van der Waals surface area contributed by atoms with Crippen LogP contribution in [-0.2, 0) is 14.3 Å². The van der Waals surface area contributed by atoms with E-state index in [9.17, 15) is 19.5 Å². The van der Waals surface area contributed by atoms with Crippen molar-refractivity contribution >= 4 is 17.7 Å². The highest BCUT2D eigenvalue weighted by molar-refractivity contribution is 6.01. The standard InChI is InChI=1S/C18H22O7/c1-11(16(20)21)12(2)17(22)25-10-9-24-14-7-5-13(6-8-14)15(19)18(3,4)23/h5-8,23H,9-10H2,1-4H3,(H,20,21)/b12-11+. The Labute approximate surface area is 145 Å². The van der Waals surface area contributed by atoms with Gasteiger partial charge in [0, 0.05) is 16.7 Å². The van der Waals surface area contributed by atoms with Gasteiger partial charge in [0.15, 0.2) is 5.78 Å². The molecular weight excluding hydrogens is 328 g/mol. The molecule has 0 bridgehead atoms. The maximum absolute atomic E-state index is 11.9. The Morgan fingerprint density at radius 1 is 1.00 bits per heavy atom. The van der Waals surface area contributed by atoms with Gasteiger partial charge in [0.25, 0.3) is 0 Å². The maximum atomic E-state index is 11.9. The van der Waals surface area contributed by atoms with Crippen molar-refractivity contribution in [2.45, 2.75) is 33.3 Å². The SMILES string of the molecule is C/C(C(=O)O)=C(/C)C(=O)OCCOc1ccc(C(=O)C(C)(C)O)cc1. The molecule has 0 aliphatic carbocycles. The number of rotatable bonds is 8. The zero-order valence-electron chi connectivity index (χ0n) is 14.7. The van der Waals surface area contributed by atoms with Crippen molar-refractivity contribution in [3.63, 3.8) is 0 Å². The molecule has 0 amide bonds. The highest BCUT2D eigenvalue weighted by atomic mass is 16.6. The number of carbonyl (C=O) groups is 3. The zero-order valence-corrected chi connectivity index (χ0v) is 14.7. The molecule has 0 aliphatic heterocycles. The van der Waals surface area contributed by atoms with Gasteiger partial charge in [-0.15, -0.1) is 0 Å². The van der Waals surface area contributed by atoms with Gasteiger partial charge in [0.1, 0.15) is 24.6 Å². The van der Waals surface area contributed by atoms with Crippen molar-refractivity contribution < 1.29 is 34.1 Å². The summed E-state index contributed by atoms with van der Waals surface area (Å²) in [7, 11) is 0. The molecule has 25 heavy (non-hydrogen) atoms. The molecule has 0 atom stereocenters. The molecule has 0 spiro atoms. The molecule has 0 saturated carbocycles. The third-order valence-electron chi connectivity index (χ3n) is 3.45. The molecule has 7 nitrogen and oxygen atoms in total. The molecule has 0 aromatic heterocycles. The topological polar surface area (TPSA) is 110 Å². The Morgan fingerprint density at radius 2 is 1.56 bits per heavy atom. The fourth-order valence-electron chi connectivity index (χ4n) is 1.77. The van der Waals surface area contributed by atoms with Crippen LogP contribution >= 0.6 is 0 Å². The average molecular weight is 350 g/mol. The lowest BCUT2D eigenvalue weighted by atomic mass is 9.97. The van der Waals surface area contributed by atoms with E-state index in [1.807, 2.05) is 0 Å². The first-order valence-electron chi connectivity index (χ1n) is 7.62. The number of ether oxygens (including phenoxy) is 2. The first-order chi connectivity index (χ1) is 11.5. The van der Waals surface area contributed by atoms with Crippen LogP contribution in [0.1, 0.15) is 38.1 Å². The van der Waals surface area contributed by atoms with Crippen molar-refractivity contribution in [1.29, 1.82) is 0 Å². The monoisotopic (exact) mass is 350 g/mol. The van der Waals surface area contributed by atoms with Crippen LogP contribution in [0.5, 0.6) is 5.75 Å². The van der Waals surface area contributed by atoms with Crippen LogP contribution in [0.2, 0.25) is 0 Å². The number of aliphatic hydroxyl groups is 1. The lowest BCUT2D eigenvalue weighted by Gasteiger charge is -2.15. The summed E-state index contributed by atoms with van der Waals surface area (Å²) < 4.78 is 10.3. The molecular formula is C18H22O7. The van der Waals surface area contributed by atoms with E-state index in [1.165, 1.54) is 39.8 Å². The van der Waals surface area contributed by atoms with Gasteiger partial charge in [0.2, 0.25) is 0 Å². The van der Waals surface area contributed by atoms with Crippen LogP contribution in [-0.4, -0.2) is 46.7 Å². The number of ketones is 1. The lowest BCUT2D eigenvalue weighted by Crippen LogP contribution is -2.30. The second-order valence-corrected chi connectivity index (χ2v) is 5.95. The number of aliphatic carboxylic acids is 1. The summed E-state index contributed by atoms with van der Waals surface area (Å²) in [6.45, 7) is 5.56. The Balaban J connectivity index is 2.50. The van der Waals surface area contributed by atoms with Gasteiger partial charge in [-0.1, -0.05) is 0 Å². The van der Waals surface area contributed by atoms with Crippen molar-refractivity contribution in [3.05, 3.63) is 41.0 Å². The smallest absolute Gasteiger partial charge is 0.334 e. The summed E-state index contributed by atoms with van der Waals surface area (Å²) in [5.74, 6) is -1.82. The maximum Gasteiger partial charge on any atom is 0.334 e. The molecule has 7 heteroatoms. The summed E-state index contributed by atoms with van der Waals surface area (Å²) in [5.41, 5.74) is -1.13. The van der Waals surface area contributed by atoms with Crippen molar-refractivity contribution in [1.82, 2.24) is 0 Å². The van der Waals surface area contributed by atoms with E-state index >= 15 is 0 Å². The molecule has 1 aromatic rings. The van der Waals surface area contributed by atoms with Gasteiger partial charge in [-0.2, -0.15) is 0 Å². The molecule has 0 saturated heterocycles. The third kappa shape index (κ3) is 6.04. The van der Waals surface area contributed by atoms with E-state index in [0.717, 1.165) is 0 Å². The number of carboxylic acid groups (broad SMARTS) is 1. The molecule has 0 heterocycles. The Hall–Kier alpha value is -2.67. The van der Waals surface area contributed by atoms with Crippen molar-refractivity contribution in [2.24, 2.45) is 0 Å². The molecule has 0 radical (unpaired) electrons. The van der Waals surface area contributed by atoms with Crippen LogP contribution in [0.4, 0.5) is 0 Å². The number of Topliss-reactive ketones (excluding diaryl/α,β-unsaturated/α-hetero) is 1. The molecule has 0 aliphatic rings. The van der Waals surface area contributed by atoms with E-state index in [1.54, 1.807) is 12.1 Å². The molecule has 136 valence electrons. The van der Waals surface area contributed by atoms with Crippen LogP contribution in [0, 0.1) is 0 Å². The Bertz CT molecular complexity index is 678. The quantitative estimate of drug-likeness (QED) is 0.319. The van der Waals surface area contributed by atoms with Crippen LogP contribution in [0.3, 0.4) is 0 Å². The van der Waals surface area contributed by atoms with Crippen molar-refractivity contribution in [3.8, 4) is 5.75 Å². The largest absolute Gasteiger partial charge is 0.490 e. The number of hydrogen-bond donors (Lipinski definition) is 2. The number of hydrogen-bond acceptors (Lipinski definition) is 6. The van der Waals surface area contributed by atoms with Crippen LogP contribution in [0.25, 0.3) is 0 Å². The van der Waals surface area contributed by atoms with E-state index in [4.69, 9.17) is 14.6 Å². The van der Waals surface area contributed by atoms with Crippen molar-refractivity contribution in [2.75, 3.05) is 13.2 Å².